The van der Waals surface area contributed by atoms with Crippen molar-refractivity contribution in [2.75, 3.05) is 13.2 Å². The van der Waals surface area contributed by atoms with Crippen LogP contribution >= 0.6 is 0 Å². The second-order valence-corrected chi connectivity index (χ2v) is 8.96. The van der Waals surface area contributed by atoms with Crippen molar-refractivity contribution in [3.8, 4) is 0 Å². The number of esters is 1. The van der Waals surface area contributed by atoms with Crippen LogP contribution in [-0.4, -0.2) is 36.5 Å². The lowest BCUT2D eigenvalue weighted by molar-refractivity contribution is -0.231. The van der Waals surface area contributed by atoms with Gasteiger partial charge in [-0.3, -0.25) is 0 Å². The summed E-state index contributed by atoms with van der Waals surface area (Å²) < 4.78 is 17.6. The highest BCUT2D eigenvalue weighted by Crippen LogP contribution is 2.60. The molecule has 140 valence electrons. The first-order chi connectivity index (χ1) is 12.1. The molecule has 3 unspecified atom stereocenters. The number of epoxide rings is 1. The normalized spacial score (nSPS) is 40.9. The molecule has 5 fully saturated rings. The molecule has 5 rings (SSSR count). The maximum atomic E-state index is 11.8. The van der Waals surface area contributed by atoms with Gasteiger partial charge in [-0.2, -0.15) is 0 Å². The molecule has 0 radical (unpaired) electrons. The topological polar surface area (TPSA) is 48.1 Å². The highest BCUT2D eigenvalue weighted by Gasteiger charge is 2.60. The third kappa shape index (κ3) is 4.11. The Hall–Kier alpha value is -0.870. The summed E-state index contributed by atoms with van der Waals surface area (Å²) in [5, 5.41) is 0. The highest BCUT2D eigenvalue weighted by atomic mass is 16.6. The van der Waals surface area contributed by atoms with Gasteiger partial charge >= 0.3 is 5.97 Å². The van der Waals surface area contributed by atoms with E-state index in [1.807, 2.05) is 0 Å². The molecule has 0 N–H and O–H groups in total. The van der Waals surface area contributed by atoms with Crippen molar-refractivity contribution in [1.29, 1.82) is 0 Å². The van der Waals surface area contributed by atoms with E-state index in [9.17, 15) is 4.79 Å². The molecular formula is C21H32O4. The Morgan fingerprint density at radius 2 is 1.76 bits per heavy atom. The van der Waals surface area contributed by atoms with E-state index in [1.54, 1.807) is 0 Å². The van der Waals surface area contributed by atoms with Crippen molar-refractivity contribution in [2.24, 2.45) is 11.8 Å². The third-order valence-corrected chi connectivity index (χ3v) is 6.67. The molecule has 1 saturated heterocycles. The molecule has 0 aromatic heterocycles. The van der Waals surface area contributed by atoms with Gasteiger partial charge in [0.05, 0.1) is 18.3 Å². The van der Waals surface area contributed by atoms with Crippen LogP contribution in [0.15, 0.2) is 12.7 Å². The Morgan fingerprint density at radius 1 is 1.08 bits per heavy atom. The van der Waals surface area contributed by atoms with E-state index in [0.717, 1.165) is 51.7 Å². The van der Waals surface area contributed by atoms with Crippen molar-refractivity contribution in [3.63, 3.8) is 0 Å². The van der Waals surface area contributed by atoms with Gasteiger partial charge in [-0.05, 0) is 56.8 Å². The average Bonchev–Trinajstić information content (AvgIpc) is 3.36. The van der Waals surface area contributed by atoms with Gasteiger partial charge in [0.1, 0.15) is 5.60 Å². The fraction of sp³-hybridized carbons (Fsp3) is 0.857. The van der Waals surface area contributed by atoms with Gasteiger partial charge < -0.3 is 14.2 Å². The Labute approximate surface area is 151 Å². The van der Waals surface area contributed by atoms with E-state index < -0.39 is 0 Å². The van der Waals surface area contributed by atoms with Crippen LogP contribution in [0.3, 0.4) is 0 Å². The lowest BCUT2D eigenvalue weighted by Gasteiger charge is -2.60. The van der Waals surface area contributed by atoms with Crippen molar-refractivity contribution in [1.82, 2.24) is 0 Å². The molecular weight excluding hydrogens is 316 g/mol. The number of unbranched alkanes of at least 4 members (excludes halogenated alkanes) is 3. The van der Waals surface area contributed by atoms with Crippen molar-refractivity contribution in [3.05, 3.63) is 12.7 Å². The van der Waals surface area contributed by atoms with E-state index >= 15 is 0 Å². The Morgan fingerprint density at radius 3 is 2.44 bits per heavy atom. The van der Waals surface area contributed by atoms with Crippen molar-refractivity contribution in [2.45, 2.75) is 87.9 Å². The van der Waals surface area contributed by atoms with E-state index in [4.69, 9.17) is 14.2 Å². The average molecular weight is 348 g/mol. The summed E-state index contributed by atoms with van der Waals surface area (Å²) in [7, 11) is 0. The van der Waals surface area contributed by atoms with Gasteiger partial charge in [0.2, 0.25) is 0 Å². The molecule has 1 heterocycles. The van der Waals surface area contributed by atoms with Gasteiger partial charge in [-0.1, -0.05) is 25.8 Å². The molecule has 0 amide bonds. The molecule has 4 nitrogen and oxygen atoms in total. The third-order valence-electron chi connectivity index (χ3n) is 6.67. The molecule has 0 aromatic rings. The van der Waals surface area contributed by atoms with E-state index in [-0.39, 0.29) is 17.2 Å². The summed E-state index contributed by atoms with van der Waals surface area (Å²) in [5.41, 5.74) is -0.312. The van der Waals surface area contributed by atoms with Crippen LogP contribution in [0, 0.1) is 11.8 Å². The van der Waals surface area contributed by atoms with Crippen LogP contribution in [0.25, 0.3) is 0 Å². The first-order valence-corrected chi connectivity index (χ1v) is 10.2. The van der Waals surface area contributed by atoms with E-state index in [2.05, 4.69) is 6.58 Å². The zero-order valence-electron chi connectivity index (χ0n) is 15.3. The fourth-order valence-corrected chi connectivity index (χ4v) is 5.99. The minimum Gasteiger partial charge on any atom is -0.456 e. The predicted molar refractivity (Wildman–Crippen MR) is 95.2 cm³/mol. The molecule has 4 saturated carbocycles. The lowest BCUT2D eigenvalue weighted by atomic mass is 9.52. The molecule has 4 heteroatoms. The lowest BCUT2D eigenvalue weighted by Crippen LogP contribution is -2.61. The second-order valence-electron chi connectivity index (χ2n) is 8.96. The molecule has 4 aliphatic carbocycles. The van der Waals surface area contributed by atoms with Crippen LogP contribution in [0.4, 0.5) is 0 Å². The summed E-state index contributed by atoms with van der Waals surface area (Å²) in [6.07, 6.45) is 14.6. The molecule has 0 aromatic carbocycles. The summed E-state index contributed by atoms with van der Waals surface area (Å²) in [5.74, 6) is 1.06. The summed E-state index contributed by atoms with van der Waals surface area (Å²) in [4.78, 5) is 11.8. The predicted octanol–water partition coefficient (Wildman–Crippen LogP) is 4.17. The molecule has 25 heavy (non-hydrogen) atoms. The van der Waals surface area contributed by atoms with Crippen LogP contribution in [-0.2, 0) is 19.0 Å². The Bertz CT molecular complexity index is 496. The number of hydrogen-bond acceptors (Lipinski definition) is 4. The first-order valence-electron chi connectivity index (χ1n) is 10.2. The van der Waals surface area contributed by atoms with Crippen LogP contribution < -0.4 is 0 Å². The fourth-order valence-electron chi connectivity index (χ4n) is 5.99. The Kier molecular flexibility index (Phi) is 4.93. The number of carbonyl (C=O) groups is 1. The number of rotatable bonds is 10. The maximum Gasteiger partial charge on any atom is 0.330 e. The summed E-state index contributed by atoms with van der Waals surface area (Å²) >= 11 is 0. The molecule has 0 spiro atoms. The molecule has 5 aliphatic rings. The maximum absolute atomic E-state index is 11.8. The number of carbonyl (C=O) groups excluding carboxylic acids is 1. The Balaban J connectivity index is 1.25. The van der Waals surface area contributed by atoms with Crippen molar-refractivity contribution >= 4 is 5.97 Å². The highest BCUT2D eigenvalue weighted by molar-refractivity contribution is 5.81. The largest absolute Gasteiger partial charge is 0.456 e. The van der Waals surface area contributed by atoms with Gasteiger partial charge in [-0.15, -0.1) is 0 Å². The number of hydrogen-bond donors (Lipinski definition) is 0. The summed E-state index contributed by atoms with van der Waals surface area (Å²) in [6.45, 7) is 5.39. The summed E-state index contributed by atoms with van der Waals surface area (Å²) in [6, 6.07) is 0. The number of ether oxygens (including phenoxy) is 3. The zero-order chi connectivity index (χ0) is 17.3. The molecule has 4 bridgehead atoms. The minimum atomic E-state index is -0.278. The quantitative estimate of drug-likeness (QED) is 0.257. The standard InChI is InChI=1S/C21H32O4/c1-2-19(22)25-21-12-16-9-17(13-21)11-20(10-16,15-21)24-8-6-4-3-5-7-18-14-23-18/h2,16-18H,1,3-15H2. The monoisotopic (exact) mass is 348 g/mol. The SMILES string of the molecule is C=CC(=O)OC12CC3CC(CC(OCCCCCCC4CO4)(C3)C1)C2. The van der Waals surface area contributed by atoms with E-state index in [0.29, 0.717) is 17.9 Å². The van der Waals surface area contributed by atoms with Gasteiger partial charge in [0, 0.05) is 19.1 Å². The molecule has 3 atom stereocenters. The second kappa shape index (κ2) is 7.03. The van der Waals surface area contributed by atoms with E-state index in [1.165, 1.54) is 38.2 Å². The zero-order valence-corrected chi connectivity index (χ0v) is 15.3. The first kappa shape index (κ1) is 17.5. The van der Waals surface area contributed by atoms with Crippen LogP contribution in [0.5, 0.6) is 0 Å². The minimum absolute atomic E-state index is 0.0343. The van der Waals surface area contributed by atoms with Crippen molar-refractivity contribution < 1.29 is 19.0 Å². The smallest absolute Gasteiger partial charge is 0.330 e. The van der Waals surface area contributed by atoms with Gasteiger partial charge in [0.15, 0.2) is 0 Å². The van der Waals surface area contributed by atoms with Crippen LogP contribution in [0.1, 0.15) is 70.6 Å². The molecule has 1 aliphatic heterocycles. The van der Waals surface area contributed by atoms with Gasteiger partial charge in [0.25, 0.3) is 0 Å². The van der Waals surface area contributed by atoms with Crippen LogP contribution in [0.2, 0.25) is 0 Å². The van der Waals surface area contributed by atoms with Gasteiger partial charge in [-0.25, -0.2) is 4.79 Å².